The highest BCUT2D eigenvalue weighted by Gasteiger charge is 2.28. The summed E-state index contributed by atoms with van der Waals surface area (Å²) in [5.41, 5.74) is -0.391. The Kier molecular flexibility index (Phi) is 7.48. The van der Waals surface area contributed by atoms with Crippen molar-refractivity contribution in [3.8, 4) is 5.75 Å². The number of rotatable bonds is 7. The Labute approximate surface area is 167 Å². The zero-order valence-electron chi connectivity index (χ0n) is 17.1. The van der Waals surface area contributed by atoms with E-state index in [1.807, 2.05) is 0 Å². The average molecular weight is 395 g/mol. The standard InChI is InChI=1S/C24H33F3O/c1-3-4-17-6-10-19(11-7-17)20-12-8-18(9-13-20)15-28-21-14-5-16(2)23(25)22(21)24(26)27/h5,8,12,14,17-20,24H,3-4,6-7,9-11,13,15H2,1-2H3. The van der Waals surface area contributed by atoms with Crippen molar-refractivity contribution >= 4 is 0 Å². The fraction of sp³-hybridized carbons (Fsp3) is 0.667. The fourth-order valence-electron chi connectivity index (χ4n) is 4.95. The summed E-state index contributed by atoms with van der Waals surface area (Å²) in [6, 6.07) is 2.96. The average Bonchev–Trinajstić information content (AvgIpc) is 2.70. The highest BCUT2D eigenvalue weighted by atomic mass is 19.3. The Hall–Kier alpha value is -1.45. The van der Waals surface area contributed by atoms with Crippen molar-refractivity contribution in [3.63, 3.8) is 0 Å². The molecule has 3 rings (SSSR count). The monoisotopic (exact) mass is 394 g/mol. The van der Waals surface area contributed by atoms with Crippen LogP contribution in [0.1, 0.15) is 75.8 Å². The molecular weight excluding hydrogens is 361 g/mol. The summed E-state index contributed by atoms with van der Waals surface area (Å²) in [7, 11) is 0. The number of benzene rings is 1. The molecule has 1 saturated carbocycles. The van der Waals surface area contributed by atoms with E-state index in [0.29, 0.717) is 12.5 Å². The molecule has 0 bridgehead atoms. The van der Waals surface area contributed by atoms with Crippen LogP contribution in [0.25, 0.3) is 0 Å². The van der Waals surface area contributed by atoms with Crippen LogP contribution in [0.5, 0.6) is 5.75 Å². The molecule has 2 aliphatic rings. The van der Waals surface area contributed by atoms with Gasteiger partial charge in [0.25, 0.3) is 6.43 Å². The molecule has 28 heavy (non-hydrogen) atoms. The number of ether oxygens (including phenoxy) is 1. The second-order valence-corrected chi connectivity index (χ2v) is 8.68. The van der Waals surface area contributed by atoms with Gasteiger partial charge in [-0.05, 0) is 62.0 Å². The SMILES string of the molecule is CCCC1CCC(C2C=CC(COc3ccc(C)c(F)c3C(F)F)CC2)CC1. The molecule has 0 radical (unpaired) electrons. The van der Waals surface area contributed by atoms with Crippen LogP contribution in [0.4, 0.5) is 13.2 Å². The third-order valence-electron chi connectivity index (χ3n) is 6.70. The quantitative estimate of drug-likeness (QED) is 0.432. The molecule has 0 amide bonds. The number of hydrogen-bond acceptors (Lipinski definition) is 1. The first kappa shape index (κ1) is 21.3. The summed E-state index contributed by atoms with van der Waals surface area (Å²) >= 11 is 0. The molecule has 1 aromatic carbocycles. The molecular formula is C24H33F3O. The maximum atomic E-state index is 14.0. The van der Waals surface area contributed by atoms with Crippen LogP contribution in [0.2, 0.25) is 0 Å². The summed E-state index contributed by atoms with van der Waals surface area (Å²) in [6.45, 7) is 4.09. The zero-order chi connectivity index (χ0) is 20.1. The summed E-state index contributed by atoms with van der Waals surface area (Å²) in [5, 5.41) is 0. The summed E-state index contributed by atoms with van der Waals surface area (Å²) in [6.07, 6.45) is 11.9. The molecule has 0 aromatic heterocycles. The van der Waals surface area contributed by atoms with E-state index in [4.69, 9.17) is 4.74 Å². The maximum Gasteiger partial charge on any atom is 0.270 e. The lowest BCUT2D eigenvalue weighted by Crippen LogP contribution is -2.24. The Morgan fingerprint density at radius 1 is 1.04 bits per heavy atom. The van der Waals surface area contributed by atoms with Crippen LogP contribution in [0.3, 0.4) is 0 Å². The van der Waals surface area contributed by atoms with Gasteiger partial charge in [-0.3, -0.25) is 0 Å². The minimum absolute atomic E-state index is 0.0251. The smallest absolute Gasteiger partial charge is 0.270 e. The van der Waals surface area contributed by atoms with E-state index in [9.17, 15) is 13.2 Å². The Morgan fingerprint density at radius 3 is 2.39 bits per heavy atom. The molecule has 156 valence electrons. The Balaban J connectivity index is 1.52. The van der Waals surface area contributed by atoms with Crippen LogP contribution in [-0.4, -0.2) is 6.61 Å². The number of halogens is 3. The van der Waals surface area contributed by atoms with Gasteiger partial charge in [0.05, 0.1) is 12.2 Å². The lowest BCUT2D eigenvalue weighted by molar-refractivity contribution is 0.137. The van der Waals surface area contributed by atoms with E-state index in [-0.39, 0.29) is 17.2 Å². The topological polar surface area (TPSA) is 9.23 Å². The number of hydrogen-bond donors (Lipinski definition) is 0. The van der Waals surface area contributed by atoms with Crippen LogP contribution in [0.15, 0.2) is 24.3 Å². The van der Waals surface area contributed by atoms with Gasteiger partial charge in [-0.25, -0.2) is 13.2 Å². The molecule has 2 aliphatic carbocycles. The van der Waals surface area contributed by atoms with Gasteiger partial charge < -0.3 is 4.74 Å². The third-order valence-corrected chi connectivity index (χ3v) is 6.70. The predicted octanol–water partition coefficient (Wildman–Crippen LogP) is 7.64. The third kappa shape index (κ3) is 5.12. The predicted molar refractivity (Wildman–Crippen MR) is 107 cm³/mol. The van der Waals surface area contributed by atoms with Gasteiger partial charge in [-0.15, -0.1) is 0 Å². The Morgan fingerprint density at radius 2 is 1.79 bits per heavy atom. The molecule has 1 aromatic rings. The van der Waals surface area contributed by atoms with Crippen molar-refractivity contribution in [2.75, 3.05) is 6.61 Å². The summed E-state index contributed by atoms with van der Waals surface area (Å²) in [4.78, 5) is 0. The first-order valence-electron chi connectivity index (χ1n) is 10.9. The number of alkyl halides is 2. The fourth-order valence-corrected chi connectivity index (χ4v) is 4.95. The van der Waals surface area contributed by atoms with Crippen LogP contribution >= 0.6 is 0 Å². The number of aryl methyl sites for hydroxylation is 1. The van der Waals surface area contributed by atoms with Crippen molar-refractivity contribution in [3.05, 3.63) is 41.2 Å². The normalized spacial score (nSPS) is 27.9. The van der Waals surface area contributed by atoms with Gasteiger partial charge in [-0.2, -0.15) is 0 Å². The van der Waals surface area contributed by atoms with Crippen molar-refractivity contribution in [2.24, 2.45) is 23.7 Å². The van der Waals surface area contributed by atoms with Crippen molar-refractivity contribution in [1.82, 2.24) is 0 Å². The summed E-state index contributed by atoms with van der Waals surface area (Å²) < 4.78 is 46.1. The van der Waals surface area contributed by atoms with E-state index in [1.54, 1.807) is 0 Å². The van der Waals surface area contributed by atoms with E-state index < -0.39 is 17.8 Å². The van der Waals surface area contributed by atoms with Crippen molar-refractivity contribution in [1.29, 1.82) is 0 Å². The lowest BCUT2D eigenvalue weighted by Gasteiger charge is -2.35. The van der Waals surface area contributed by atoms with E-state index >= 15 is 0 Å². The van der Waals surface area contributed by atoms with Crippen LogP contribution < -0.4 is 4.74 Å². The van der Waals surface area contributed by atoms with Gasteiger partial charge in [0.15, 0.2) is 0 Å². The molecule has 2 atom stereocenters. The molecule has 1 fully saturated rings. The first-order chi connectivity index (χ1) is 13.5. The van der Waals surface area contributed by atoms with E-state index in [1.165, 1.54) is 57.6 Å². The largest absolute Gasteiger partial charge is 0.492 e. The minimum atomic E-state index is -2.87. The van der Waals surface area contributed by atoms with Crippen LogP contribution in [0, 0.1) is 36.4 Å². The molecule has 1 nitrogen and oxygen atoms in total. The van der Waals surface area contributed by atoms with Gasteiger partial charge in [0.1, 0.15) is 11.6 Å². The van der Waals surface area contributed by atoms with Crippen molar-refractivity contribution in [2.45, 2.75) is 71.6 Å². The lowest BCUT2D eigenvalue weighted by atomic mass is 9.71. The molecule has 2 unspecified atom stereocenters. The van der Waals surface area contributed by atoms with Gasteiger partial charge in [-0.1, -0.05) is 50.8 Å². The molecule has 0 spiro atoms. The first-order valence-corrected chi connectivity index (χ1v) is 10.9. The van der Waals surface area contributed by atoms with Gasteiger partial charge in [0, 0.05) is 5.92 Å². The second kappa shape index (κ2) is 9.84. The van der Waals surface area contributed by atoms with E-state index in [0.717, 1.165) is 24.7 Å². The molecule has 4 heteroatoms. The molecule has 0 saturated heterocycles. The van der Waals surface area contributed by atoms with Gasteiger partial charge in [0.2, 0.25) is 0 Å². The van der Waals surface area contributed by atoms with Crippen LogP contribution in [-0.2, 0) is 0 Å². The van der Waals surface area contributed by atoms with E-state index in [2.05, 4.69) is 19.1 Å². The molecule has 0 aliphatic heterocycles. The minimum Gasteiger partial charge on any atom is -0.492 e. The molecule has 0 heterocycles. The molecule has 0 N–H and O–H groups in total. The number of allylic oxidation sites excluding steroid dienone is 1. The second-order valence-electron chi connectivity index (χ2n) is 8.68. The highest BCUT2D eigenvalue weighted by molar-refractivity contribution is 5.39. The maximum absolute atomic E-state index is 14.0. The summed E-state index contributed by atoms with van der Waals surface area (Å²) in [5.74, 6) is 1.69. The zero-order valence-corrected chi connectivity index (χ0v) is 17.1. The van der Waals surface area contributed by atoms with Gasteiger partial charge >= 0.3 is 0 Å². The highest BCUT2D eigenvalue weighted by Crippen LogP contribution is 2.40. The van der Waals surface area contributed by atoms with Crippen molar-refractivity contribution < 1.29 is 17.9 Å². The Bertz CT molecular complexity index is 662.